The highest BCUT2D eigenvalue weighted by Crippen LogP contribution is 2.35. The number of hydrogen-bond donors (Lipinski definition) is 0. The summed E-state index contributed by atoms with van der Waals surface area (Å²) in [7, 11) is 0. The molecule has 158 valence electrons. The largest absolute Gasteiger partial charge is 0.335 e. The minimum absolute atomic E-state index is 0.0434. The molecule has 3 aromatic rings. The van der Waals surface area contributed by atoms with Gasteiger partial charge >= 0.3 is 0 Å². The Morgan fingerprint density at radius 3 is 2.23 bits per heavy atom. The molecule has 1 aromatic carbocycles. The van der Waals surface area contributed by atoms with E-state index in [0.29, 0.717) is 42.9 Å². The topological polar surface area (TPSA) is 88.4 Å². The van der Waals surface area contributed by atoms with E-state index in [4.69, 9.17) is 0 Å². The Balaban J connectivity index is 1.36. The summed E-state index contributed by atoms with van der Waals surface area (Å²) >= 11 is 0. The Morgan fingerprint density at radius 2 is 1.58 bits per heavy atom. The number of amides is 2. The maximum Gasteiger partial charge on any atom is 0.284 e. The molecular weight excluding hydrogens is 394 g/mol. The molecule has 31 heavy (non-hydrogen) atoms. The van der Waals surface area contributed by atoms with E-state index in [-0.39, 0.29) is 29.1 Å². The third-order valence-electron chi connectivity index (χ3n) is 5.92. The van der Waals surface area contributed by atoms with E-state index < -0.39 is 0 Å². The quantitative estimate of drug-likeness (QED) is 0.651. The molecule has 1 aliphatic carbocycles. The van der Waals surface area contributed by atoms with Crippen molar-refractivity contribution in [3.63, 3.8) is 0 Å². The SMILES string of the molecule is Cc1ccc(C(=O)N2CCN(C(=O)c3nc4cccnc4n(C4CC4)c3=O)CC2)cc1. The summed E-state index contributed by atoms with van der Waals surface area (Å²) < 4.78 is 1.62. The molecule has 1 aliphatic heterocycles. The Bertz CT molecular complexity index is 1220. The van der Waals surface area contributed by atoms with Gasteiger partial charge in [-0.25, -0.2) is 9.97 Å². The molecule has 8 nitrogen and oxygen atoms in total. The lowest BCUT2D eigenvalue weighted by molar-refractivity contribution is 0.0531. The van der Waals surface area contributed by atoms with E-state index in [0.717, 1.165) is 18.4 Å². The van der Waals surface area contributed by atoms with Gasteiger partial charge in [-0.05, 0) is 44.0 Å². The van der Waals surface area contributed by atoms with Gasteiger partial charge in [-0.1, -0.05) is 17.7 Å². The molecule has 1 saturated heterocycles. The highest BCUT2D eigenvalue weighted by molar-refractivity contribution is 5.95. The van der Waals surface area contributed by atoms with Crippen LogP contribution in [0.25, 0.3) is 11.2 Å². The van der Waals surface area contributed by atoms with E-state index in [2.05, 4.69) is 9.97 Å². The zero-order valence-corrected chi connectivity index (χ0v) is 17.3. The number of carbonyl (C=O) groups is 2. The number of pyridine rings is 1. The number of nitrogens with zero attached hydrogens (tertiary/aromatic N) is 5. The van der Waals surface area contributed by atoms with Crippen LogP contribution < -0.4 is 5.56 Å². The monoisotopic (exact) mass is 417 g/mol. The number of fused-ring (bicyclic) bond motifs is 1. The van der Waals surface area contributed by atoms with Crippen LogP contribution in [-0.2, 0) is 0 Å². The fourth-order valence-corrected chi connectivity index (χ4v) is 3.99. The van der Waals surface area contributed by atoms with Crippen LogP contribution in [0.5, 0.6) is 0 Å². The first-order valence-corrected chi connectivity index (χ1v) is 10.6. The van der Waals surface area contributed by atoms with Crippen molar-refractivity contribution in [2.45, 2.75) is 25.8 Å². The second-order valence-electron chi connectivity index (χ2n) is 8.16. The zero-order valence-electron chi connectivity index (χ0n) is 17.3. The summed E-state index contributed by atoms with van der Waals surface area (Å²) in [5.41, 5.74) is 2.37. The van der Waals surface area contributed by atoms with Crippen molar-refractivity contribution in [2.75, 3.05) is 26.2 Å². The lowest BCUT2D eigenvalue weighted by Crippen LogP contribution is -2.51. The Labute approximate surface area is 179 Å². The predicted octanol–water partition coefficient (Wildman–Crippen LogP) is 2.03. The van der Waals surface area contributed by atoms with Crippen LogP contribution in [0.2, 0.25) is 0 Å². The van der Waals surface area contributed by atoms with Crippen LogP contribution >= 0.6 is 0 Å². The minimum atomic E-state index is -0.382. The van der Waals surface area contributed by atoms with E-state index >= 15 is 0 Å². The van der Waals surface area contributed by atoms with Gasteiger partial charge in [-0.15, -0.1) is 0 Å². The second kappa shape index (κ2) is 7.61. The highest BCUT2D eigenvalue weighted by atomic mass is 16.2. The van der Waals surface area contributed by atoms with Gasteiger partial charge in [0.05, 0.1) is 0 Å². The smallest absolute Gasteiger partial charge is 0.284 e. The van der Waals surface area contributed by atoms with Crippen LogP contribution in [-0.4, -0.2) is 62.3 Å². The van der Waals surface area contributed by atoms with Gasteiger partial charge in [0.15, 0.2) is 11.3 Å². The molecule has 2 aromatic heterocycles. The van der Waals surface area contributed by atoms with Crippen LogP contribution in [0.1, 0.15) is 45.3 Å². The maximum absolute atomic E-state index is 13.2. The molecule has 0 radical (unpaired) electrons. The Hall–Kier alpha value is -3.55. The summed E-state index contributed by atoms with van der Waals surface area (Å²) in [4.78, 5) is 51.0. The highest BCUT2D eigenvalue weighted by Gasteiger charge is 2.32. The first-order chi connectivity index (χ1) is 15.0. The van der Waals surface area contributed by atoms with E-state index in [1.165, 1.54) is 0 Å². The van der Waals surface area contributed by atoms with Crippen LogP contribution in [0.4, 0.5) is 0 Å². The first kappa shape index (κ1) is 19.4. The van der Waals surface area contributed by atoms with Gasteiger partial charge in [0.25, 0.3) is 17.4 Å². The van der Waals surface area contributed by atoms with Gasteiger partial charge in [0, 0.05) is 44.0 Å². The normalized spacial score (nSPS) is 16.5. The zero-order chi connectivity index (χ0) is 21.5. The number of hydrogen-bond acceptors (Lipinski definition) is 5. The summed E-state index contributed by atoms with van der Waals surface area (Å²) in [6, 6.07) is 11.1. The van der Waals surface area contributed by atoms with Crippen molar-refractivity contribution in [1.82, 2.24) is 24.3 Å². The lowest BCUT2D eigenvalue weighted by Gasteiger charge is -2.34. The van der Waals surface area contributed by atoms with E-state index in [1.807, 2.05) is 31.2 Å². The average Bonchev–Trinajstić information content (AvgIpc) is 3.63. The van der Waals surface area contributed by atoms with Crippen LogP contribution in [0, 0.1) is 6.92 Å². The molecule has 0 spiro atoms. The number of carbonyl (C=O) groups excluding carboxylic acids is 2. The third-order valence-corrected chi connectivity index (χ3v) is 5.92. The molecule has 8 heteroatoms. The molecule has 0 N–H and O–H groups in total. The van der Waals surface area contributed by atoms with Crippen molar-refractivity contribution in [2.24, 2.45) is 0 Å². The van der Waals surface area contributed by atoms with Gasteiger partial charge < -0.3 is 9.80 Å². The fourth-order valence-electron chi connectivity index (χ4n) is 3.99. The van der Waals surface area contributed by atoms with Crippen molar-refractivity contribution in [3.05, 3.63) is 69.8 Å². The molecule has 2 aliphatic rings. The van der Waals surface area contributed by atoms with Crippen molar-refractivity contribution >= 4 is 23.0 Å². The van der Waals surface area contributed by atoms with Gasteiger partial charge in [0.1, 0.15) is 5.52 Å². The van der Waals surface area contributed by atoms with E-state index in [1.54, 1.807) is 32.7 Å². The van der Waals surface area contributed by atoms with Crippen LogP contribution in [0.15, 0.2) is 47.4 Å². The average molecular weight is 417 g/mol. The standard InChI is InChI=1S/C23H23N5O3/c1-15-4-6-16(7-5-15)21(29)26-11-13-27(14-12-26)22(30)19-23(31)28(17-8-9-17)20-18(25-19)3-2-10-24-20/h2-7,10,17H,8-9,11-14H2,1H3. The van der Waals surface area contributed by atoms with E-state index in [9.17, 15) is 14.4 Å². The minimum Gasteiger partial charge on any atom is -0.335 e. The Morgan fingerprint density at radius 1 is 0.935 bits per heavy atom. The van der Waals surface area contributed by atoms with Gasteiger partial charge in [-0.3, -0.25) is 19.0 Å². The fraction of sp³-hybridized carbons (Fsp3) is 0.348. The lowest BCUT2D eigenvalue weighted by atomic mass is 10.1. The molecule has 2 amide bonds. The molecular formula is C23H23N5O3. The molecule has 3 heterocycles. The molecule has 0 bridgehead atoms. The predicted molar refractivity (Wildman–Crippen MR) is 115 cm³/mol. The molecule has 0 atom stereocenters. The summed E-state index contributed by atoms with van der Waals surface area (Å²) in [6.45, 7) is 3.56. The van der Waals surface area contributed by atoms with Gasteiger partial charge in [-0.2, -0.15) is 0 Å². The van der Waals surface area contributed by atoms with Gasteiger partial charge in [0.2, 0.25) is 0 Å². The number of rotatable bonds is 3. The maximum atomic E-state index is 13.2. The van der Waals surface area contributed by atoms with Crippen LogP contribution in [0.3, 0.4) is 0 Å². The molecule has 2 fully saturated rings. The summed E-state index contributed by atoms with van der Waals surface area (Å²) in [6.07, 6.45) is 3.44. The number of aromatic nitrogens is 3. The first-order valence-electron chi connectivity index (χ1n) is 10.6. The molecule has 0 unspecified atom stereocenters. The molecule has 5 rings (SSSR count). The summed E-state index contributed by atoms with van der Waals surface area (Å²) in [5, 5.41) is 0. The van der Waals surface area contributed by atoms with Crippen molar-refractivity contribution in [3.8, 4) is 0 Å². The Kier molecular flexibility index (Phi) is 4.77. The summed E-state index contributed by atoms with van der Waals surface area (Å²) in [5.74, 6) is -0.425. The van der Waals surface area contributed by atoms with Crippen molar-refractivity contribution < 1.29 is 9.59 Å². The third kappa shape index (κ3) is 3.58. The second-order valence-corrected chi connectivity index (χ2v) is 8.16. The number of aryl methyl sites for hydroxylation is 1. The number of piperazine rings is 1. The number of benzene rings is 1. The molecule has 1 saturated carbocycles. The van der Waals surface area contributed by atoms with Crippen molar-refractivity contribution in [1.29, 1.82) is 0 Å².